The van der Waals surface area contributed by atoms with E-state index in [4.69, 9.17) is 40.9 Å². The van der Waals surface area contributed by atoms with E-state index in [1.54, 1.807) is 4.90 Å². The van der Waals surface area contributed by atoms with Gasteiger partial charge in [0.05, 0.1) is 13.1 Å². The number of nitrogens with two attached hydrogens (primary N) is 2. The summed E-state index contributed by atoms with van der Waals surface area (Å²) in [6, 6.07) is 0.748. The summed E-state index contributed by atoms with van der Waals surface area (Å²) in [4.78, 5) is 45.5. The highest BCUT2D eigenvalue weighted by Crippen LogP contribution is 2.29. The molecule has 0 aliphatic carbocycles. The maximum Gasteiger partial charge on any atom is 0.521 e. The first kappa shape index (κ1) is 55.0. The van der Waals surface area contributed by atoms with Crippen LogP contribution in [0, 0.1) is 41.8 Å². The molecule has 2 aliphatic rings. The lowest BCUT2D eigenvalue weighted by molar-refractivity contribution is -0.245. The molecule has 2 aliphatic heterocycles. The van der Waals surface area contributed by atoms with Gasteiger partial charge in [-0.1, -0.05) is 0 Å². The summed E-state index contributed by atoms with van der Waals surface area (Å²) in [5, 5.41) is 28.7. The Hall–Kier alpha value is -5.13. The second kappa shape index (κ2) is 24.8. The number of aryl methyl sites for hydroxylation is 1. The summed E-state index contributed by atoms with van der Waals surface area (Å²) in [5.41, 5.74) is 11.5. The van der Waals surface area contributed by atoms with Crippen molar-refractivity contribution in [1.82, 2.24) is 39.3 Å². The number of hydrogen-bond donors (Lipinski definition) is 4. The number of fused-ring (bicyclic) bond motifs is 2. The van der Waals surface area contributed by atoms with Crippen molar-refractivity contribution in [2.45, 2.75) is 77.0 Å². The fourth-order valence-electron chi connectivity index (χ4n) is 5.95. The van der Waals surface area contributed by atoms with E-state index in [9.17, 15) is 49.1 Å². The van der Waals surface area contributed by atoms with Crippen molar-refractivity contribution in [2.24, 2.45) is 11.5 Å². The van der Waals surface area contributed by atoms with Crippen LogP contribution in [-0.2, 0) is 73.3 Å². The molecule has 0 saturated carbocycles. The van der Waals surface area contributed by atoms with Crippen molar-refractivity contribution in [3.8, 4) is 0 Å². The Morgan fingerprint density at radius 1 is 0.703 bits per heavy atom. The van der Waals surface area contributed by atoms with Gasteiger partial charge < -0.3 is 45.7 Å². The molecule has 0 fully saturated rings. The molecule has 4 aromatic rings. The van der Waals surface area contributed by atoms with E-state index in [1.165, 1.54) is 4.90 Å². The van der Waals surface area contributed by atoms with Crippen LogP contribution in [0.2, 0.25) is 0 Å². The van der Waals surface area contributed by atoms with Gasteiger partial charge in [0.2, 0.25) is 17.6 Å². The number of nitrogens with zero attached hydrogens (tertiary/aromatic N) is 8. The molecule has 4 atom stereocenters. The predicted molar refractivity (Wildman–Crippen MR) is 196 cm³/mol. The van der Waals surface area contributed by atoms with Crippen molar-refractivity contribution in [3.63, 3.8) is 0 Å². The van der Waals surface area contributed by atoms with Crippen molar-refractivity contribution >= 4 is 28.3 Å². The van der Waals surface area contributed by atoms with Gasteiger partial charge in [-0.25, -0.2) is 36.9 Å². The normalized spacial score (nSPS) is 14.4. The minimum absolute atomic E-state index is 0. The maximum atomic E-state index is 13.7. The van der Waals surface area contributed by atoms with E-state index in [-0.39, 0.29) is 76.5 Å². The largest absolute Gasteiger partial charge is 0.565 e. The van der Waals surface area contributed by atoms with Crippen LogP contribution in [-0.4, -0.2) is 92.3 Å². The molecular weight excluding hydrogens is 933 g/mol. The summed E-state index contributed by atoms with van der Waals surface area (Å²) in [6.07, 6.45) is -5.19. The van der Waals surface area contributed by atoms with E-state index in [2.05, 4.69) is 29.7 Å². The van der Waals surface area contributed by atoms with Gasteiger partial charge >= 0.3 is 22.7 Å². The molecule has 8 N–H and O–H groups in total. The van der Waals surface area contributed by atoms with E-state index in [0.29, 0.717) is 43.7 Å². The van der Waals surface area contributed by atoms with Crippen LogP contribution in [0.15, 0.2) is 24.3 Å². The third-order valence-corrected chi connectivity index (χ3v) is 9.07. The van der Waals surface area contributed by atoms with E-state index in [0.717, 1.165) is 16.5 Å². The van der Waals surface area contributed by atoms with Gasteiger partial charge in [-0.3, -0.25) is 9.59 Å². The Labute approximate surface area is 359 Å². The smallest absolute Gasteiger partial charge is 0.521 e. The molecule has 0 spiro atoms. The summed E-state index contributed by atoms with van der Waals surface area (Å²) in [7, 11) is -6.09. The molecule has 4 heterocycles. The second-order valence-corrected chi connectivity index (χ2v) is 14.4. The lowest BCUT2D eigenvalue weighted by Gasteiger charge is -2.29. The van der Waals surface area contributed by atoms with Crippen molar-refractivity contribution < 1.29 is 96.2 Å². The number of hydrogen-bond acceptors (Lipinski definition) is 16. The van der Waals surface area contributed by atoms with Crippen molar-refractivity contribution in [1.29, 1.82) is 0 Å². The Balaban J connectivity index is 0.00000103. The minimum Gasteiger partial charge on any atom is -0.565 e. The van der Waals surface area contributed by atoms with Crippen LogP contribution in [0.25, 0.3) is 0 Å². The Kier molecular flexibility index (Phi) is 21.3. The molecule has 0 radical (unpaired) electrons. The highest BCUT2D eigenvalue weighted by molar-refractivity contribution is 7.30. The number of alkyl halides is 3. The molecule has 2 amide bonds. The highest BCUT2D eigenvalue weighted by atomic mass is 31.1. The second-order valence-electron chi connectivity index (χ2n) is 13.2. The zero-order valence-corrected chi connectivity index (χ0v) is 34.5. The Morgan fingerprint density at radius 2 is 1.06 bits per heavy atom. The molecule has 358 valence electrons. The van der Waals surface area contributed by atoms with Gasteiger partial charge in [-0.15, -0.1) is 20.4 Å². The first-order valence-electron chi connectivity index (χ1n) is 17.6. The number of rotatable bonds is 10. The number of amides is 2. The number of carbonyl (C=O) groups is 2. The van der Waals surface area contributed by atoms with Crippen LogP contribution >= 0.6 is 16.5 Å². The number of halogens is 9. The number of aromatic nitrogens is 6. The average molecular weight is 975 g/mol. The monoisotopic (exact) mass is 974 g/mol. The maximum absolute atomic E-state index is 13.7. The van der Waals surface area contributed by atoms with Crippen LogP contribution in [0.5, 0.6) is 0 Å². The Morgan fingerprint density at radius 3 is 1.45 bits per heavy atom. The van der Waals surface area contributed by atoms with Crippen molar-refractivity contribution in [3.05, 3.63) is 93.6 Å². The molecular formula is C32H41F9N10O11P2. The number of benzene rings is 2. The Bertz CT molecular complexity index is 2260. The van der Waals surface area contributed by atoms with Crippen molar-refractivity contribution in [2.75, 3.05) is 13.1 Å². The fraction of sp³-hybridized carbons (Fsp3) is 0.438. The fourth-order valence-corrected chi connectivity index (χ4v) is 5.95. The molecule has 2 aromatic carbocycles. The zero-order chi connectivity index (χ0) is 47.3. The molecule has 2 aromatic heterocycles. The van der Waals surface area contributed by atoms with Gasteiger partial charge in [-0.05, 0) is 52.2 Å². The topological polar surface area (TPSA) is 325 Å². The van der Waals surface area contributed by atoms with Crippen LogP contribution in [0.1, 0.15) is 50.1 Å². The molecule has 21 nitrogen and oxygen atoms in total. The third kappa shape index (κ3) is 16.1. The van der Waals surface area contributed by atoms with Crippen LogP contribution in [0.4, 0.5) is 39.5 Å². The molecule has 32 heteroatoms. The quantitative estimate of drug-likeness (QED) is 0.0580. The van der Waals surface area contributed by atoms with E-state index >= 15 is 0 Å². The first-order valence-corrected chi connectivity index (χ1v) is 19.8. The van der Waals surface area contributed by atoms with Gasteiger partial charge in [0, 0.05) is 75.4 Å². The highest BCUT2D eigenvalue weighted by Gasteiger charge is 2.40. The lowest BCUT2D eigenvalue weighted by Crippen LogP contribution is -2.42. The molecule has 2 unspecified atom stereocenters. The minimum atomic E-state index is -4.64. The third-order valence-electron chi connectivity index (χ3n) is 8.80. The number of carbonyl (C=O) groups excluding carboxylic acids is 2. The summed E-state index contributed by atoms with van der Waals surface area (Å²) >= 11 is 0. The summed E-state index contributed by atoms with van der Waals surface area (Å²) in [5.74, 6) is -7.10. The first-order chi connectivity index (χ1) is 29.4. The standard InChI is InChI=1S/C16H15F6N5O.C16H18F3N5O.2HO4P.H2O.2H2/c17-10-6-12(19)11(18)4-8(10)3-9(23)5-14(28)26-1-2-27-13(7-26)24-25-15(27)16(20,21)22;1-9-21-22-15-8-23(2-3-24(9)15)16(25)6-11(20)4-10-5-13(18)14(19)7-12(10)17;2*1-4-5(2)3;;;/h4,6,9H,1-3,5,7,23H2;5,7,11H,2-4,6,8,20H2,1H3;2*1H;1H2;2*1H/t9-;11-;;;;;/m11...../s1. The van der Waals surface area contributed by atoms with Gasteiger partial charge in [0.15, 0.2) is 34.9 Å². The van der Waals surface area contributed by atoms with E-state index in [1.807, 2.05) is 11.5 Å². The zero-order valence-electron chi connectivity index (χ0n) is 32.7. The van der Waals surface area contributed by atoms with Gasteiger partial charge in [0.1, 0.15) is 17.5 Å². The van der Waals surface area contributed by atoms with Gasteiger partial charge in [-0.2, -0.15) is 13.2 Å². The van der Waals surface area contributed by atoms with Gasteiger partial charge in [0.25, 0.3) is 0 Å². The van der Waals surface area contributed by atoms with Crippen LogP contribution in [0.3, 0.4) is 0 Å². The lowest BCUT2D eigenvalue weighted by atomic mass is 10.0. The summed E-state index contributed by atoms with van der Waals surface area (Å²) < 4.78 is 144. The molecule has 6 rings (SSSR count). The molecule has 0 saturated heterocycles. The average Bonchev–Trinajstić information content (AvgIpc) is 3.82. The van der Waals surface area contributed by atoms with Crippen LogP contribution < -0.4 is 21.3 Å². The predicted octanol–water partition coefficient (Wildman–Crippen LogP) is 1.98. The van der Waals surface area contributed by atoms with E-state index < -0.39 is 81.4 Å². The summed E-state index contributed by atoms with van der Waals surface area (Å²) in [6.45, 7) is 3.00. The SMILES string of the molecule is Cc1nnc2n1CCN(C(=O)C[C@H](N)Cc1cc(F)c(F)cc1F)C2.N[C@@H](CC(=O)N1CCn2c(nnc2C(F)(F)F)C1)Cc1cc(F)c(F)cc1F.O.O=[P+]([O-])OO.O=[P+]([O-])OO.[HH].[HH]. The molecule has 64 heavy (non-hydrogen) atoms. The molecule has 0 bridgehead atoms.